The van der Waals surface area contributed by atoms with Gasteiger partial charge in [-0.05, 0) is 26.5 Å². The molecule has 1 atom stereocenters. The van der Waals surface area contributed by atoms with Crippen molar-refractivity contribution in [3.63, 3.8) is 0 Å². The number of hydrogen-bond acceptors (Lipinski definition) is 8. The van der Waals surface area contributed by atoms with E-state index in [-0.39, 0.29) is 11.9 Å². The van der Waals surface area contributed by atoms with E-state index in [4.69, 9.17) is 0 Å². The Hall–Kier alpha value is -3.04. The average molecular weight is 412 g/mol. The van der Waals surface area contributed by atoms with Crippen molar-refractivity contribution in [2.45, 2.75) is 19.9 Å². The monoisotopic (exact) mass is 411 g/mol. The number of likely N-dealkylation sites (N-methyl/N-ethyl adjacent to an activating group) is 1. The Labute approximate surface area is 174 Å². The molecule has 1 aromatic carbocycles. The van der Waals surface area contributed by atoms with Crippen molar-refractivity contribution in [1.29, 1.82) is 0 Å². The number of amides is 1. The highest BCUT2D eigenvalue weighted by Gasteiger charge is 2.09. The number of anilines is 3. The van der Waals surface area contributed by atoms with Crippen LogP contribution in [0, 0.1) is 6.92 Å². The van der Waals surface area contributed by atoms with Crippen LogP contribution in [-0.4, -0.2) is 47.0 Å². The molecular weight excluding hydrogens is 386 g/mol. The second kappa shape index (κ2) is 9.94. The van der Waals surface area contributed by atoms with Crippen molar-refractivity contribution in [2.75, 3.05) is 30.8 Å². The average Bonchev–Trinajstić information content (AvgIpc) is 3.19. The molecule has 1 unspecified atom stereocenters. The van der Waals surface area contributed by atoms with Gasteiger partial charge in [0.25, 0.3) is 0 Å². The summed E-state index contributed by atoms with van der Waals surface area (Å²) >= 11 is 1.57. The van der Waals surface area contributed by atoms with E-state index in [2.05, 4.69) is 48.4 Å². The van der Waals surface area contributed by atoms with Crippen LogP contribution < -0.4 is 21.3 Å². The molecule has 0 fully saturated rings. The fourth-order valence-electron chi connectivity index (χ4n) is 2.56. The van der Waals surface area contributed by atoms with Gasteiger partial charge in [0.15, 0.2) is 5.13 Å². The first-order valence-electron chi connectivity index (χ1n) is 9.38. The minimum atomic E-state index is -0.217. The maximum Gasteiger partial charge on any atom is 0.236 e. The summed E-state index contributed by atoms with van der Waals surface area (Å²) in [5, 5.41) is 13.0. The van der Waals surface area contributed by atoms with Gasteiger partial charge in [-0.15, -0.1) is 0 Å². The van der Waals surface area contributed by atoms with Crippen LogP contribution in [-0.2, 0) is 4.79 Å². The molecule has 0 saturated heterocycles. The van der Waals surface area contributed by atoms with E-state index in [0.717, 1.165) is 15.6 Å². The molecule has 0 aliphatic heterocycles. The summed E-state index contributed by atoms with van der Waals surface area (Å²) < 4.78 is 0. The predicted octanol–water partition coefficient (Wildman–Crippen LogP) is 2.79. The summed E-state index contributed by atoms with van der Waals surface area (Å²) in [6.07, 6.45) is 1.85. The van der Waals surface area contributed by atoms with E-state index in [9.17, 15) is 4.79 Å². The Bertz CT molecular complexity index is 945. The zero-order chi connectivity index (χ0) is 20.6. The van der Waals surface area contributed by atoms with Crippen LogP contribution in [0.1, 0.15) is 12.7 Å². The van der Waals surface area contributed by atoms with Gasteiger partial charge in [0.05, 0.1) is 10.9 Å². The number of nitrogens with zero attached hydrogens (tertiary/aromatic N) is 3. The molecule has 152 valence electrons. The van der Waals surface area contributed by atoms with Crippen LogP contribution in [0.3, 0.4) is 0 Å². The molecule has 9 heteroatoms. The van der Waals surface area contributed by atoms with Gasteiger partial charge < -0.3 is 21.3 Å². The number of hydrogen-bond donors (Lipinski definition) is 4. The van der Waals surface area contributed by atoms with Crippen molar-refractivity contribution >= 4 is 34.0 Å². The Morgan fingerprint density at radius 3 is 2.66 bits per heavy atom. The van der Waals surface area contributed by atoms with Gasteiger partial charge in [0, 0.05) is 25.4 Å². The molecule has 0 bridgehead atoms. The molecule has 3 rings (SSSR count). The van der Waals surface area contributed by atoms with Crippen LogP contribution in [0.5, 0.6) is 0 Å². The topological polar surface area (TPSA) is 104 Å². The van der Waals surface area contributed by atoms with Crippen molar-refractivity contribution < 1.29 is 4.79 Å². The molecule has 1 amide bonds. The number of thiazole rings is 1. The highest BCUT2D eigenvalue weighted by molar-refractivity contribution is 7.18. The number of nitrogens with one attached hydrogen (secondary N) is 4. The number of rotatable bonds is 9. The lowest BCUT2D eigenvalue weighted by Crippen LogP contribution is -2.42. The Morgan fingerprint density at radius 1 is 1.14 bits per heavy atom. The minimum absolute atomic E-state index is 0.0338. The summed E-state index contributed by atoms with van der Waals surface area (Å²) in [5.74, 6) is 1.97. The molecular formula is C20H25N7OS. The third-order valence-electron chi connectivity index (χ3n) is 4.19. The van der Waals surface area contributed by atoms with Gasteiger partial charge in [-0.2, -0.15) is 0 Å². The van der Waals surface area contributed by atoms with Crippen LogP contribution in [0.4, 0.5) is 16.8 Å². The van der Waals surface area contributed by atoms with Crippen LogP contribution in [0.15, 0.2) is 42.6 Å². The largest absolute Gasteiger partial charge is 0.368 e. The Kier molecular flexibility index (Phi) is 7.09. The van der Waals surface area contributed by atoms with Gasteiger partial charge in [0.2, 0.25) is 5.91 Å². The number of aryl methyl sites for hydroxylation is 1. The second-order valence-electron chi connectivity index (χ2n) is 6.43. The first-order valence-corrected chi connectivity index (χ1v) is 10.2. The third-order valence-corrected chi connectivity index (χ3v) is 5.16. The third kappa shape index (κ3) is 5.97. The Morgan fingerprint density at radius 2 is 1.90 bits per heavy atom. The second-order valence-corrected chi connectivity index (χ2v) is 7.47. The lowest BCUT2D eigenvalue weighted by atomic mass is 10.2. The highest BCUT2D eigenvalue weighted by atomic mass is 32.1. The van der Waals surface area contributed by atoms with E-state index in [1.807, 2.05) is 44.3 Å². The van der Waals surface area contributed by atoms with Crippen molar-refractivity contribution in [1.82, 2.24) is 25.6 Å². The van der Waals surface area contributed by atoms with Crippen molar-refractivity contribution in [3.8, 4) is 10.4 Å². The molecule has 0 radical (unpaired) electrons. The van der Waals surface area contributed by atoms with Gasteiger partial charge in [-0.3, -0.25) is 4.79 Å². The molecule has 0 spiro atoms. The Balaban J connectivity index is 1.58. The van der Waals surface area contributed by atoms with Crippen LogP contribution >= 0.6 is 11.3 Å². The normalized spacial score (nSPS) is 11.7. The zero-order valence-electron chi connectivity index (χ0n) is 16.7. The molecule has 4 N–H and O–H groups in total. The van der Waals surface area contributed by atoms with Crippen molar-refractivity contribution in [3.05, 3.63) is 48.4 Å². The van der Waals surface area contributed by atoms with E-state index in [1.54, 1.807) is 18.4 Å². The van der Waals surface area contributed by atoms with Gasteiger partial charge in [-0.25, -0.2) is 15.0 Å². The molecule has 3 aromatic rings. The predicted molar refractivity (Wildman–Crippen MR) is 118 cm³/mol. The maximum atomic E-state index is 11.8. The lowest BCUT2D eigenvalue weighted by molar-refractivity contribution is -0.122. The summed E-state index contributed by atoms with van der Waals surface area (Å²) in [6, 6.07) is 11.7. The van der Waals surface area contributed by atoms with E-state index in [0.29, 0.717) is 30.5 Å². The lowest BCUT2D eigenvalue weighted by Gasteiger charge is -2.12. The minimum Gasteiger partial charge on any atom is -0.368 e. The summed E-state index contributed by atoms with van der Waals surface area (Å²) in [7, 11) is 1.76. The van der Waals surface area contributed by atoms with Gasteiger partial charge in [-0.1, -0.05) is 41.7 Å². The molecule has 0 aliphatic rings. The van der Waals surface area contributed by atoms with E-state index in [1.165, 1.54) is 0 Å². The quantitative estimate of drug-likeness (QED) is 0.401. The fraction of sp³-hybridized carbons (Fsp3) is 0.300. The van der Waals surface area contributed by atoms with Gasteiger partial charge in [0.1, 0.15) is 17.5 Å². The molecule has 2 aromatic heterocycles. The number of carbonyl (C=O) groups excluding carboxylic acids is 1. The number of aromatic nitrogens is 3. The molecule has 8 nitrogen and oxygen atoms in total. The first kappa shape index (κ1) is 20.7. The number of benzene rings is 1. The standard InChI is InChI=1S/C20H25N7OS/c1-13(21-3)19(28)23-10-9-22-17-11-18(26-14(2)25-17)27-20-24-12-16(29-20)15-7-5-4-6-8-15/h4-8,11-13,21H,9-10H2,1-3H3,(H,23,28)(H2,22,24,25,26,27). The van der Waals surface area contributed by atoms with Crippen LogP contribution in [0.2, 0.25) is 0 Å². The summed E-state index contributed by atoms with van der Waals surface area (Å²) in [5.41, 5.74) is 1.13. The zero-order valence-corrected chi connectivity index (χ0v) is 17.5. The van der Waals surface area contributed by atoms with Gasteiger partial charge >= 0.3 is 0 Å². The van der Waals surface area contributed by atoms with E-state index >= 15 is 0 Å². The molecule has 0 saturated carbocycles. The SMILES string of the molecule is CNC(C)C(=O)NCCNc1cc(Nc2ncc(-c3ccccc3)s2)nc(C)n1. The first-order chi connectivity index (χ1) is 14.0. The van der Waals surface area contributed by atoms with Crippen LogP contribution in [0.25, 0.3) is 10.4 Å². The maximum absolute atomic E-state index is 11.8. The molecule has 2 heterocycles. The fourth-order valence-corrected chi connectivity index (χ4v) is 3.39. The van der Waals surface area contributed by atoms with E-state index < -0.39 is 0 Å². The smallest absolute Gasteiger partial charge is 0.236 e. The highest BCUT2D eigenvalue weighted by Crippen LogP contribution is 2.30. The number of carbonyl (C=O) groups is 1. The summed E-state index contributed by atoms with van der Waals surface area (Å²) in [6.45, 7) is 4.72. The molecule has 0 aliphatic carbocycles. The van der Waals surface area contributed by atoms with Crippen molar-refractivity contribution in [2.24, 2.45) is 0 Å². The molecule has 29 heavy (non-hydrogen) atoms. The summed E-state index contributed by atoms with van der Waals surface area (Å²) in [4.78, 5) is 26.1.